The molecule has 4 unspecified atom stereocenters. The van der Waals surface area contributed by atoms with Gasteiger partial charge in [0.1, 0.15) is 12.2 Å². The van der Waals surface area contributed by atoms with Gasteiger partial charge in [0.05, 0.1) is 10.7 Å². The Morgan fingerprint density at radius 1 is 0.943 bits per heavy atom. The van der Waals surface area contributed by atoms with Gasteiger partial charge in [-0.2, -0.15) is 22.0 Å². The van der Waals surface area contributed by atoms with E-state index in [1.165, 1.54) is 18.7 Å². The lowest BCUT2D eigenvalue weighted by molar-refractivity contribution is -0.208. The van der Waals surface area contributed by atoms with E-state index in [-0.39, 0.29) is 28.4 Å². The van der Waals surface area contributed by atoms with E-state index in [1.807, 2.05) is 0 Å². The molecule has 6 nitrogen and oxygen atoms in total. The van der Waals surface area contributed by atoms with Gasteiger partial charge in [-0.05, 0) is 49.9 Å². The standard InChI is InChI=1S/C22H27F5O6S2/c1-11(28)31-9-16-13(8-32-18(30)22(25,26)27)10-34-21(35-16)14-3-12-4-15(21)7-20(5-12,6-14)33-17(29)19(2,23)24/h12-16H,3-10H2,1-2H3. The molecule has 4 atom stereocenters. The molecule has 1 heterocycles. The summed E-state index contributed by atoms with van der Waals surface area (Å²) in [5.74, 6) is -7.63. The first-order valence-electron chi connectivity index (χ1n) is 11.4. The molecule has 5 fully saturated rings. The van der Waals surface area contributed by atoms with Crippen LogP contribution in [0.25, 0.3) is 0 Å². The summed E-state index contributed by atoms with van der Waals surface area (Å²) in [5, 5.41) is -0.405. The minimum absolute atomic E-state index is 0.0401. The molecule has 4 saturated carbocycles. The van der Waals surface area contributed by atoms with Gasteiger partial charge in [0.25, 0.3) is 0 Å². The predicted molar refractivity (Wildman–Crippen MR) is 117 cm³/mol. The number of rotatable bonds is 6. The minimum atomic E-state index is -5.09. The molecule has 5 aliphatic rings. The molecule has 4 bridgehead atoms. The molecule has 35 heavy (non-hydrogen) atoms. The van der Waals surface area contributed by atoms with Crippen LogP contribution in [-0.2, 0) is 28.6 Å². The number of carbonyl (C=O) groups is 3. The molecule has 0 radical (unpaired) electrons. The van der Waals surface area contributed by atoms with E-state index in [9.17, 15) is 36.3 Å². The van der Waals surface area contributed by atoms with Crippen molar-refractivity contribution in [2.75, 3.05) is 19.0 Å². The number of hydrogen-bond donors (Lipinski definition) is 0. The molecular weight excluding hydrogens is 519 g/mol. The molecule has 0 N–H and O–H groups in total. The number of esters is 3. The van der Waals surface area contributed by atoms with Gasteiger partial charge in [-0.1, -0.05) is 0 Å². The van der Waals surface area contributed by atoms with Crippen LogP contribution in [0.5, 0.6) is 0 Å². The van der Waals surface area contributed by atoms with Gasteiger partial charge in [0.2, 0.25) is 0 Å². The summed E-state index contributed by atoms with van der Waals surface area (Å²) >= 11 is 3.12. The molecule has 1 saturated heterocycles. The van der Waals surface area contributed by atoms with Crippen molar-refractivity contribution in [3.8, 4) is 0 Å². The van der Waals surface area contributed by atoms with Gasteiger partial charge >= 0.3 is 30.0 Å². The van der Waals surface area contributed by atoms with Crippen LogP contribution in [0.15, 0.2) is 0 Å². The Hall–Kier alpha value is -1.24. The molecule has 0 aromatic rings. The first-order valence-corrected chi connectivity index (χ1v) is 13.3. The Morgan fingerprint density at radius 3 is 2.11 bits per heavy atom. The molecule has 1 spiro atoms. The van der Waals surface area contributed by atoms with Crippen molar-refractivity contribution >= 4 is 41.4 Å². The van der Waals surface area contributed by atoms with Crippen LogP contribution >= 0.6 is 23.5 Å². The molecule has 198 valence electrons. The number of ether oxygens (including phenoxy) is 3. The van der Waals surface area contributed by atoms with Gasteiger partial charge in [0, 0.05) is 30.8 Å². The largest absolute Gasteiger partial charge is 0.490 e. The first-order chi connectivity index (χ1) is 16.1. The van der Waals surface area contributed by atoms with E-state index in [1.54, 1.807) is 11.8 Å². The van der Waals surface area contributed by atoms with Crippen LogP contribution in [0.4, 0.5) is 22.0 Å². The fraction of sp³-hybridized carbons (Fsp3) is 0.864. The zero-order valence-corrected chi connectivity index (χ0v) is 20.8. The highest BCUT2D eigenvalue weighted by atomic mass is 32.2. The highest BCUT2D eigenvalue weighted by molar-refractivity contribution is 8.19. The zero-order valence-electron chi connectivity index (χ0n) is 19.2. The third-order valence-corrected chi connectivity index (χ3v) is 11.6. The van der Waals surface area contributed by atoms with E-state index in [0.717, 1.165) is 12.8 Å². The molecule has 4 aliphatic carbocycles. The Morgan fingerprint density at radius 2 is 1.57 bits per heavy atom. The molecule has 0 amide bonds. The molecule has 1 aliphatic heterocycles. The highest BCUT2D eigenvalue weighted by Crippen LogP contribution is 2.71. The van der Waals surface area contributed by atoms with Gasteiger partial charge in [-0.15, -0.1) is 23.5 Å². The Bertz CT molecular complexity index is 859. The second-order valence-corrected chi connectivity index (χ2v) is 13.2. The maximum absolute atomic E-state index is 13.6. The molecule has 0 aromatic heterocycles. The summed E-state index contributed by atoms with van der Waals surface area (Å²) in [6, 6.07) is 0. The summed E-state index contributed by atoms with van der Waals surface area (Å²) in [6.45, 7) is 1.27. The Labute approximate surface area is 207 Å². The quantitative estimate of drug-likeness (QED) is 0.272. The van der Waals surface area contributed by atoms with E-state index in [4.69, 9.17) is 9.47 Å². The summed E-state index contributed by atoms with van der Waals surface area (Å²) in [6.07, 6.45) is -1.98. The predicted octanol–water partition coefficient (Wildman–Crippen LogP) is 4.59. The van der Waals surface area contributed by atoms with Gasteiger partial charge in [-0.25, -0.2) is 9.59 Å². The average molecular weight is 547 g/mol. The van der Waals surface area contributed by atoms with E-state index >= 15 is 0 Å². The SMILES string of the molecule is CC(=O)OCC1SC2(SCC1COC(=O)C(F)(F)F)C1CC3CC2CC(OC(=O)C(C)(F)F)(C3)C1. The number of thioether (sulfide) groups is 2. The molecule has 5 rings (SSSR count). The molecular formula is C22H27F5O6S2. The maximum Gasteiger partial charge on any atom is 0.490 e. The number of hydrogen-bond acceptors (Lipinski definition) is 8. The average Bonchev–Trinajstić information content (AvgIpc) is 2.72. The third kappa shape index (κ3) is 5.40. The first kappa shape index (κ1) is 26.8. The summed E-state index contributed by atoms with van der Waals surface area (Å²) < 4.78 is 79.7. The molecule has 0 aromatic carbocycles. The zero-order chi connectivity index (χ0) is 25.8. The topological polar surface area (TPSA) is 78.9 Å². The van der Waals surface area contributed by atoms with Crippen molar-refractivity contribution in [2.24, 2.45) is 23.7 Å². The van der Waals surface area contributed by atoms with Gasteiger partial charge in [-0.3, -0.25) is 4.79 Å². The van der Waals surface area contributed by atoms with Crippen molar-refractivity contribution in [1.82, 2.24) is 0 Å². The summed E-state index contributed by atoms with van der Waals surface area (Å²) in [5.41, 5.74) is -0.927. The fourth-order valence-electron chi connectivity index (χ4n) is 6.20. The van der Waals surface area contributed by atoms with Crippen molar-refractivity contribution in [1.29, 1.82) is 0 Å². The number of carbonyl (C=O) groups excluding carboxylic acids is 3. The van der Waals surface area contributed by atoms with Crippen LogP contribution in [0.2, 0.25) is 0 Å². The Kier molecular flexibility index (Phi) is 7.09. The smallest absolute Gasteiger partial charge is 0.465 e. The number of alkyl halides is 5. The van der Waals surface area contributed by atoms with E-state index < -0.39 is 53.4 Å². The van der Waals surface area contributed by atoms with Crippen LogP contribution in [0, 0.1) is 23.7 Å². The second kappa shape index (κ2) is 9.25. The van der Waals surface area contributed by atoms with Crippen molar-refractivity contribution < 1.29 is 50.5 Å². The van der Waals surface area contributed by atoms with Crippen molar-refractivity contribution in [2.45, 2.75) is 73.0 Å². The van der Waals surface area contributed by atoms with Crippen LogP contribution in [0.3, 0.4) is 0 Å². The van der Waals surface area contributed by atoms with Gasteiger partial charge in [0.15, 0.2) is 0 Å². The monoisotopic (exact) mass is 546 g/mol. The fourth-order valence-corrected chi connectivity index (χ4v) is 10.5. The number of halogens is 5. The lowest BCUT2D eigenvalue weighted by Crippen LogP contribution is -2.64. The second-order valence-electron chi connectivity index (χ2n) is 10.2. The minimum Gasteiger partial charge on any atom is -0.465 e. The third-order valence-electron chi connectivity index (χ3n) is 7.43. The van der Waals surface area contributed by atoms with Gasteiger partial charge < -0.3 is 14.2 Å². The lowest BCUT2D eigenvalue weighted by Gasteiger charge is -2.65. The van der Waals surface area contributed by atoms with Crippen LogP contribution in [-0.4, -0.2) is 63.9 Å². The summed E-state index contributed by atoms with van der Waals surface area (Å²) in [7, 11) is 0. The van der Waals surface area contributed by atoms with E-state index in [0.29, 0.717) is 31.9 Å². The van der Waals surface area contributed by atoms with E-state index in [2.05, 4.69) is 4.74 Å². The van der Waals surface area contributed by atoms with Crippen LogP contribution < -0.4 is 0 Å². The maximum atomic E-state index is 13.6. The van der Waals surface area contributed by atoms with Crippen molar-refractivity contribution in [3.63, 3.8) is 0 Å². The van der Waals surface area contributed by atoms with Crippen LogP contribution in [0.1, 0.15) is 46.0 Å². The summed E-state index contributed by atoms with van der Waals surface area (Å²) in [4.78, 5) is 34.7. The lowest BCUT2D eigenvalue weighted by atomic mass is 9.53. The Balaban J connectivity index is 1.50. The highest BCUT2D eigenvalue weighted by Gasteiger charge is 2.66. The normalized spacial score (nSPS) is 38.3. The van der Waals surface area contributed by atoms with Crippen molar-refractivity contribution in [3.05, 3.63) is 0 Å². The molecule has 13 heteroatoms.